The summed E-state index contributed by atoms with van der Waals surface area (Å²) in [5.74, 6) is -0.677. The van der Waals surface area contributed by atoms with Gasteiger partial charge in [0.05, 0.1) is 26.4 Å². The molecule has 8 nitrogen and oxygen atoms in total. The van der Waals surface area contributed by atoms with Crippen molar-refractivity contribution in [1.82, 2.24) is 14.3 Å². The van der Waals surface area contributed by atoms with Crippen LogP contribution in [-0.4, -0.2) is 42.8 Å². The average Bonchev–Trinajstić information content (AvgIpc) is 2.67. The number of nitrogens with zero attached hydrogens (tertiary/aromatic N) is 2. The van der Waals surface area contributed by atoms with Crippen molar-refractivity contribution >= 4 is 38.5 Å². The number of fused-ring (bicyclic) bond motifs is 1. The number of rotatable bonds is 5. The Morgan fingerprint density at radius 3 is 2.59 bits per heavy atom. The highest BCUT2D eigenvalue weighted by molar-refractivity contribution is 7.89. The highest BCUT2D eigenvalue weighted by Gasteiger charge is 2.23. The molecule has 0 spiro atoms. The van der Waals surface area contributed by atoms with Gasteiger partial charge in [-0.1, -0.05) is 23.7 Å². The monoisotopic (exact) mass is 435 g/mol. The number of para-hydroxylation sites is 1. The van der Waals surface area contributed by atoms with Crippen molar-refractivity contribution in [3.8, 4) is 0 Å². The number of nitrogens with one attached hydrogen (secondary N) is 1. The second-order valence-electron chi connectivity index (χ2n) is 6.44. The van der Waals surface area contributed by atoms with Crippen molar-refractivity contribution < 1.29 is 17.9 Å². The van der Waals surface area contributed by atoms with Gasteiger partial charge in [-0.3, -0.25) is 4.79 Å². The first-order valence-corrected chi connectivity index (χ1v) is 10.3. The Bertz CT molecular complexity index is 1250. The molecule has 10 heteroatoms. The zero-order valence-corrected chi connectivity index (χ0v) is 17.4. The van der Waals surface area contributed by atoms with Gasteiger partial charge in [0.25, 0.3) is 5.56 Å². The fourth-order valence-corrected chi connectivity index (χ4v) is 3.73. The molecule has 0 saturated carbocycles. The molecule has 3 rings (SSSR count). The van der Waals surface area contributed by atoms with Gasteiger partial charge in [0.1, 0.15) is 0 Å². The minimum atomic E-state index is -3.75. The Labute approximate surface area is 172 Å². The topological polar surface area (TPSA) is 109 Å². The summed E-state index contributed by atoms with van der Waals surface area (Å²) in [4.78, 5) is 31.6. The number of carbonyl (C=O) groups excluding carboxylic acids is 1. The van der Waals surface area contributed by atoms with Crippen LogP contribution < -0.4 is 5.56 Å². The molecule has 29 heavy (non-hydrogen) atoms. The first-order chi connectivity index (χ1) is 13.6. The summed E-state index contributed by atoms with van der Waals surface area (Å²) in [6.45, 7) is 1.54. The van der Waals surface area contributed by atoms with E-state index < -0.39 is 22.1 Å². The van der Waals surface area contributed by atoms with Gasteiger partial charge in [0.15, 0.2) is 11.9 Å². The first-order valence-electron chi connectivity index (χ1n) is 8.53. The number of aromatic nitrogens is 2. The van der Waals surface area contributed by atoms with Crippen LogP contribution in [-0.2, 0) is 14.8 Å². The van der Waals surface area contributed by atoms with Gasteiger partial charge in [-0.15, -0.1) is 0 Å². The number of esters is 1. The van der Waals surface area contributed by atoms with E-state index in [1.807, 2.05) is 0 Å². The largest absolute Gasteiger partial charge is 0.451 e. The van der Waals surface area contributed by atoms with Crippen molar-refractivity contribution in [1.29, 1.82) is 0 Å². The molecular formula is C19H18ClN3O5S. The number of benzene rings is 2. The van der Waals surface area contributed by atoms with Gasteiger partial charge in [-0.2, -0.15) is 0 Å². The van der Waals surface area contributed by atoms with Crippen molar-refractivity contribution in [2.24, 2.45) is 0 Å². The summed E-state index contributed by atoms with van der Waals surface area (Å²) >= 11 is 6.07. The molecule has 0 aliphatic rings. The minimum absolute atomic E-state index is 0.0415. The molecule has 1 unspecified atom stereocenters. The van der Waals surface area contributed by atoms with Crippen molar-refractivity contribution in [2.45, 2.75) is 17.9 Å². The van der Waals surface area contributed by atoms with Crippen molar-refractivity contribution in [3.63, 3.8) is 0 Å². The summed E-state index contributed by atoms with van der Waals surface area (Å²) < 4.78 is 31.0. The fourth-order valence-electron chi connectivity index (χ4n) is 2.61. The summed E-state index contributed by atoms with van der Waals surface area (Å²) in [5, 5.41) is 0.458. The molecule has 0 aliphatic heterocycles. The lowest BCUT2D eigenvalue weighted by Gasteiger charge is -2.15. The molecule has 0 fully saturated rings. The Hall–Kier alpha value is -2.75. The third-order valence-corrected chi connectivity index (χ3v) is 6.38. The van der Waals surface area contributed by atoms with E-state index in [0.717, 1.165) is 10.4 Å². The van der Waals surface area contributed by atoms with E-state index in [1.165, 1.54) is 26.2 Å². The van der Waals surface area contributed by atoms with Gasteiger partial charge in [-0.05, 0) is 37.3 Å². The molecular weight excluding hydrogens is 418 g/mol. The number of hydrogen-bond donors (Lipinski definition) is 1. The van der Waals surface area contributed by atoms with Crippen LogP contribution in [0.1, 0.15) is 29.2 Å². The molecule has 1 heterocycles. The quantitative estimate of drug-likeness (QED) is 0.617. The zero-order valence-electron chi connectivity index (χ0n) is 15.8. The third kappa shape index (κ3) is 4.16. The summed E-state index contributed by atoms with van der Waals surface area (Å²) in [7, 11) is -0.992. The summed E-state index contributed by atoms with van der Waals surface area (Å²) in [6.07, 6.45) is -0.898. The molecule has 152 valence electrons. The van der Waals surface area contributed by atoms with Gasteiger partial charge >= 0.3 is 5.97 Å². The summed E-state index contributed by atoms with van der Waals surface area (Å²) in [6, 6.07) is 10.6. The second-order valence-corrected chi connectivity index (χ2v) is 9.00. The van der Waals surface area contributed by atoms with Crippen LogP contribution >= 0.6 is 11.6 Å². The molecule has 1 aromatic heterocycles. The first kappa shape index (κ1) is 21.0. The molecule has 1 atom stereocenters. The molecule has 2 aromatic carbocycles. The Morgan fingerprint density at radius 1 is 1.21 bits per heavy atom. The van der Waals surface area contributed by atoms with Gasteiger partial charge in [0.2, 0.25) is 10.0 Å². The molecule has 0 amide bonds. The lowest BCUT2D eigenvalue weighted by Crippen LogP contribution is -2.23. The highest BCUT2D eigenvalue weighted by Crippen LogP contribution is 2.25. The maximum atomic E-state index is 12.6. The molecule has 0 aliphatic carbocycles. The SMILES string of the molecule is CC(OC(=O)c1cc(S(=O)(=O)N(C)C)ccc1Cl)c1nc2ccccc2c(=O)[nH]1. The molecule has 0 saturated heterocycles. The van der Waals surface area contributed by atoms with E-state index in [1.54, 1.807) is 31.2 Å². The number of hydrogen-bond acceptors (Lipinski definition) is 6. The van der Waals surface area contributed by atoms with Crippen LogP contribution in [0.25, 0.3) is 10.9 Å². The van der Waals surface area contributed by atoms with Crippen LogP contribution in [0.4, 0.5) is 0 Å². The standard InChI is InChI=1S/C19H18ClN3O5S/c1-11(17-21-16-7-5-4-6-13(16)18(24)22-17)28-19(25)14-10-12(8-9-15(14)20)29(26,27)23(2)3/h4-11H,1-3H3,(H,21,22,24). The number of halogens is 1. The average molecular weight is 436 g/mol. The zero-order chi connectivity index (χ0) is 21.3. The number of sulfonamides is 1. The molecule has 0 radical (unpaired) electrons. The van der Waals surface area contributed by atoms with Crippen molar-refractivity contribution in [3.05, 3.63) is 69.2 Å². The fraction of sp³-hybridized carbons (Fsp3) is 0.211. The van der Waals surface area contributed by atoms with E-state index in [-0.39, 0.29) is 26.9 Å². The Balaban J connectivity index is 1.92. The number of aromatic amines is 1. The van der Waals surface area contributed by atoms with Crippen molar-refractivity contribution in [2.75, 3.05) is 14.1 Å². The third-order valence-electron chi connectivity index (χ3n) is 4.24. The van der Waals surface area contributed by atoms with E-state index in [2.05, 4.69) is 9.97 Å². The predicted octanol–water partition coefficient (Wildman–Crippen LogP) is 2.74. The lowest BCUT2D eigenvalue weighted by atomic mass is 10.2. The van der Waals surface area contributed by atoms with Gasteiger partial charge in [0, 0.05) is 14.1 Å². The number of carbonyl (C=O) groups is 1. The minimum Gasteiger partial charge on any atom is -0.451 e. The molecule has 0 bridgehead atoms. The van der Waals surface area contributed by atoms with E-state index >= 15 is 0 Å². The maximum Gasteiger partial charge on any atom is 0.340 e. The number of ether oxygens (including phenoxy) is 1. The van der Waals surface area contributed by atoms with Crippen LogP contribution in [0.3, 0.4) is 0 Å². The predicted molar refractivity (Wildman–Crippen MR) is 109 cm³/mol. The maximum absolute atomic E-state index is 12.6. The normalized spacial score (nSPS) is 12.9. The molecule has 3 aromatic rings. The highest BCUT2D eigenvalue weighted by atomic mass is 35.5. The molecule has 1 N–H and O–H groups in total. The number of H-pyrrole nitrogens is 1. The Morgan fingerprint density at radius 2 is 1.90 bits per heavy atom. The lowest BCUT2D eigenvalue weighted by molar-refractivity contribution is 0.0320. The smallest absolute Gasteiger partial charge is 0.340 e. The van der Waals surface area contributed by atoms with Crippen LogP contribution in [0.5, 0.6) is 0 Å². The van der Waals surface area contributed by atoms with E-state index in [9.17, 15) is 18.0 Å². The van der Waals surface area contributed by atoms with Gasteiger partial charge in [-0.25, -0.2) is 22.5 Å². The van der Waals surface area contributed by atoms with E-state index in [4.69, 9.17) is 16.3 Å². The van der Waals surface area contributed by atoms with Crippen LogP contribution in [0.15, 0.2) is 52.2 Å². The van der Waals surface area contributed by atoms with E-state index in [0.29, 0.717) is 10.9 Å². The Kier molecular flexibility index (Phi) is 5.74. The van der Waals surface area contributed by atoms with Crippen LogP contribution in [0.2, 0.25) is 5.02 Å². The van der Waals surface area contributed by atoms with Crippen LogP contribution in [0, 0.1) is 0 Å². The van der Waals surface area contributed by atoms with Gasteiger partial charge < -0.3 is 9.72 Å². The summed E-state index contributed by atoms with van der Waals surface area (Å²) in [5.41, 5.74) is 0.00133. The second kappa shape index (κ2) is 7.94.